The zero-order chi connectivity index (χ0) is 5.98. The fourth-order valence-corrected chi connectivity index (χ4v) is 1.23. The molecule has 0 aromatic heterocycles. The Morgan fingerprint density at radius 1 is 1.88 bits per heavy atom. The van der Waals surface area contributed by atoms with Crippen molar-refractivity contribution in [2.75, 3.05) is 12.9 Å². The van der Waals surface area contributed by atoms with Gasteiger partial charge in [0.05, 0.1) is 0 Å². The summed E-state index contributed by atoms with van der Waals surface area (Å²) in [5.41, 5.74) is -0.259. The lowest BCUT2D eigenvalue weighted by atomic mass is 10.8. The first-order chi connectivity index (χ1) is 3.83. The van der Waals surface area contributed by atoms with Crippen LogP contribution in [0.4, 0.5) is 0 Å². The zero-order valence-corrected chi connectivity index (χ0v) is 5.35. The van der Waals surface area contributed by atoms with E-state index in [2.05, 4.69) is 0 Å². The molecule has 0 aromatic rings. The van der Waals surface area contributed by atoms with Gasteiger partial charge in [0, 0.05) is 12.9 Å². The Labute approximate surface area is 52.0 Å². The van der Waals surface area contributed by atoms with Crippen LogP contribution in [0.3, 0.4) is 0 Å². The molecule has 1 fully saturated rings. The molecule has 0 amide bonds. The molecule has 3 nitrogen and oxygen atoms in total. The first kappa shape index (κ1) is 6.35. The highest BCUT2D eigenvalue weighted by Gasteiger charge is 2.22. The van der Waals surface area contributed by atoms with Crippen LogP contribution in [-0.4, -0.2) is 29.9 Å². The lowest BCUT2D eigenvalue weighted by Crippen LogP contribution is -2.11. The molecule has 0 bridgehead atoms. The summed E-state index contributed by atoms with van der Waals surface area (Å²) in [4.78, 5) is 0. The minimum atomic E-state index is -0.634. The Hall–Kier alpha value is 0.230. The van der Waals surface area contributed by atoms with Gasteiger partial charge in [0.15, 0.2) is 6.29 Å². The fraction of sp³-hybridized carbons (Fsp3) is 1.00. The first-order valence-electron chi connectivity index (χ1n) is 2.31. The maximum atomic E-state index is 8.71. The molecule has 4 heteroatoms. The molecule has 2 unspecified atom stereocenters. The average Bonchev–Trinajstić information content (AvgIpc) is 2.14. The summed E-state index contributed by atoms with van der Waals surface area (Å²) >= 11 is 1.46. The highest BCUT2D eigenvalue weighted by molar-refractivity contribution is 7.99. The third-order valence-electron chi connectivity index (χ3n) is 0.836. The highest BCUT2D eigenvalue weighted by Crippen LogP contribution is 2.23. The summed E-state index contributed by atoms with van der Waals surface area (Å²) in [7, 11) is 1.55. The lowest BCUT2D eigenvalue weighted by molar-refractivity contribution is -0.154. The molecule has 1 rings (SSSR count). The minimum Gasteiger partial charge on any atom is -0.367 e. The number of hydrogen-bond donors (Lipinski definition) is 1. The van der Waals surface area contributed by atoms with Gasteiger partial charge in [-0.1, -0.05) is 11.8 Å². The van der Waals surface area contributed by atoms with E-state index in [0.29, 0.717) is 5.75 Å². The fourth-order valence-electron chi connectivity index (χ4n) is 0.491. The van der Waals surface area contributed by atoms with Crippen molar-refractivity contribution >= 4 is 11.8 Å². The van der Waals surface area contributed by atoms with Crippen LogP contribution in [-0.2, 0) is 9.47 Å². The van der Waals surface area contributed by atoms with Crippen LogP contribution in [0.5, 0.6) is 0 Å². The maximum absolute atomic E-state index is 8.71. The van der Waals surface area contributed by atoms with Crippen LogP contribution < -0.4 is 0 Å². The Morgan fingerprint density at radius 3 is 2.88 bits per heavy atom. The monoisotopic (exact) mass is 136 g/mol. The smallest absolute Gasteiger partial charge is 0.209 e. The second-order valence-electron chi connectivity index (χ2n) is 1.45. The van der Waals surface area contributed by atoms with Crippen molar-refractivity contribution in [2.45, 2.75) is 11.9 Å². The molecule has 1 aliphatic heterocycles. The molecule has 1 N–H and O–H groups in total. The number of rotatable bonds is 1. The van der Waals surface area contributed by atoms with Gasteiger partial charge in [-0.15, -0.1) is 0 Å². The molecule has 48 valence electrons. The summed E-state index contributed by atoms with van der Waals surface area (Å²) in [6, 6.07) is 0. The summed E-state index contributed by atoms with van der Waals surface area (Å²) in [6.45, 7) is 0. The molecule has 2 atom stereocenters. The third-order valence-corrected chi connectivity index (χ3v) is 1.89. The predicted molar refractivity (Wildman–Crippen MR) is 30.3 cm³/mol. The summed E-state index contributed by atoms with van der Waals surface area (Å²) in [5.74, 6) is 0.610. The second-order valence-corrected chi connectivity index (χ2v) is 2.50. The number of aliphatic hydroxyl groups is 1. The Balaban J connectivity index is 2.22. The Bertz CT molecular complexity index is 77.7. The molecular weight excluding hydrogens is 128 g/mol. The Kier molecular flexibility index (Phi) is 2.13. The summed E-state index contributed by atoms with van der Waals surface area (Å²) < 4.78 is 9.57. The molecule has 0 spiro atoms. The number of thioether (sulfide) groups is 1. The van der Waals surface area contributed by atoms with E-state index in [1.165, 1.54) is 11.8 Å². The van der Waals surface area contributed by atoms with Crippen LogP contribution in [0.2, 0.25) is 0 Å². The van der Waals surface area contributed by atoms with Crippen molar-refractivity contribution in [3.63, 3.8) is 0 Å². The van der Waals surface area contributed by atoms with E-state index in [4.69, 9.17) is 14.6 Å². The third kappa shape index (κ3) is 1.35. The molecule has 1 heterocycles. The highest BCUT2D eigenvalue weighted by atomic mass is 32.2. The number of methoxy groups -OCH3 is 1. The minimum absolute atomic E-state index is 0.259. The first-order valence-corrected chi connectivity index (χ1v) is 3.35. The normalized spacial score (nSPS) is 38.2. The van der Waals surface area contributed by atoms with E-state index < -0.39 is 6.29 Å². The number of aliphatic hydroxyl groups excluding tert-OH is 1. The second kappa shape index (κ2) is 2.68. The van der Waals surface area contributed by atoms with Gasteiger partial charge in [-0.05, 0) is 0 Å². The maximum Gasteiger partial charge on any atom is 0.209 e. The van der Waals surface area contributed by atoms with Crippen LogP contribution in [0, 0.1) is 0 Å². The van der Waals surface area contributed by atoms with Crippen LogP contribution in [0.15, 0.2) is 0 Å². The van der Waals surface area contributed by atoms with Gasteiger partial charge in [0.1, 0.15) is 0 Å². The molecular formula is C4H8O3S. The van der Waals surface area contributed by atoms with Crippen molar-refractivity contribution in [2.24, 2.45) is 0 Å². The molecule has 1 aliphatic rings. The topological polar surface area (TPSA) is 38.7 Å². The molecule has 0 radical (unpaired) electrons. The van der Waals surface area contributed by atoms with Crippen molar-refractivity contribution < 1.29 is 14.6 Å². The summed E-state index contributed by atoms with van der Waals surface area (Å²) in [5, 5.41) is 8.71. The van der Waals surface area contributed by atoms with Crippen molar-refractivity contribution in [3.8, 4) is 0 Å². The predicted octanol–water partition coefficient (Wildman–Crippen LogP) is -0.00180. The molecule has 8 heavy (non-hydrogen) atoms. The van der Waals surface area contributed by atoms with Gasteiger partial charge in [-0.2, -0.15) is 0 Å². The number of ether oxygens (including phenoxy) is 2. The van der Waals surface area contributed by atoms with Crippen LogP contribution >= 0.6 is 11.8 Å². The van der Waals surface area contributed by atoms with Crippen molar-refractivity contribution in [1.82, 2.24) is 0 Å². The van der Waals surface area contributed by atoms with E-state index in [9.17, 15) is 0 Å². The van der Waals surface area contributed by atoms with E-state index in [1.807, 2.05) is 0 Å². The SMILES string of the molecule is COC1OC(O)CS1. The largest absolute Gasteiger partial charge is 0.367 e. The van der Waals surface area contributed by atoms with E-state index >= 15 is 0 Å². The van der Waals surface area contributed by atoms with Crippen LogP contribution in [0.1, 0.15) is 0 Å². The zero-order valence-electron chi connectivity index (χ0n) is 4.53. The van der Waals surface area contributed by atoms with E-state index in [0.717, 1.165) is 0 Å². The molecule has 0 aliphatic carbocycles. The quantitative estimate of drug-likeness (QED) is 0.550. The van der Waals surface area contributed by atoms with Gasteiger partial charge in [0.25, 0.3) is 0 Å². The van der Waals surface area contributed by atoms with E-state index in [1.54, 1.807) is 7.11 Å². The molecule has 0 saturated carbocycles. The van der Waals surface area contributed by atoms with Gasteiger partial charge in [-0.3, -0.25) is 0 Å². The standard InChI is InChI=1S/C4H8O3S/c1-6-4-7-3(5)2-8-4/h3-5H,2H2,1H3. The lowest BCUT2D eigenvalue weighted by Gasteiger charge is -2.04. The van der Waals surface area contributed by atoms with Crippen molar-refractivity contribution in [1.29, 1.82) is 0 Å². The van der Waals surface area contributed by atoms with Crippen molar-refractivity contribution in [3.05, 3.63) is 0 Å². The van der Waals surface area contributed by atoms with Gasteiger partial charge < -0.3 is 14.6 Å². The average molecular weight is 136 g/mol. The van der Waals surface area contributed by atoms with Crippen LogP contribution in [0.25, 0.3) is 0 Å². The Morgan fingerprint density at radius 2 is 2.62 bits per heavy atom. The van der Waals surface area contributed by atoms with Gasteiger partial charge in [-0.25, -0.2) is 0 Å². The number of hydrogen-bond acceptors (Lipinski definition) is 4. The van der Waals surface area contributed by atoms with E-state index in [-0.39, 0.29) is 5.62 Å². The van der Waals surface area contributed by atoms with Gasteiger partial charge in [0.2, 0.25) is 5.62 Å². The summed E-state index contributed by atoms with van der Waals surface area (Å²) in [6.07, 6.45) is -0.634. The molecule has 0 aromatic carbocycles. The molecule has 1 saturated heterocycles. The van der Waals surface area contributed by atoms with Gasteiger partial charge >= 0.3 is 0 Å².